The second-order valence-corrected chi connectivity index (χ2v) is 7.92. The summed E-state index contributed by atoms with van der Waals surface area (Å²) in [7, 11) is 0. The van der Waals surface area contributed by atoms with Crippen molar-refractivity contribution in [1.29, 1.82) is 0 Å². The Bertz CT molecular complexity index is 1000. The van der Waals surface area contributed by atoms with Gasteiger partial charge in [0.25, 0.3) is 10.9 Å². The molecule has 3 aromatic rings. The summed E-state index contributed by atoms with van der Waals surface area (Å²) in [6.45, 7) is 4.58. The zero-order valence-electron chi connectivity index (χ0n) is 16.0. The smallest absolute Gasteiger partial charge is 0.253 e. The Kier molecular flexibility index (Phi) is 4.77. The number of nitrogens with one attached hydrogen (secondary N) is 3. The van der Waals surface area contributed by atoms with Crippen molar-refractivity contribution in [3.63, 3.8) is 0 Å². The molecule has 4 rings (SSSR count). The molecule has 1 heterocycles. The highest BCUT2D eigenvalue weighted by molar-refractivity contribution is 5.95. The van der Waals surface area contributed by atoms with Crippen LogP contribution in [0.25, 0.3) is 10.9 Å². The van der Waals surface area contributed by atoms with Crippen LogP contribution in [-0.2, 0) is 0 Å². The average molecular weight is 365 g/mol. The van der Waals surface area contributed by atoms with Gasteiger partial charge in [-0.1, -0.05) is 38.5 Å². The van der Waals surface area contributed by atoms with Gasteiger partial charge < -0.3 is 15.6 Å². The molecule has 5 heteroatoms. The topological polar surface area (TPSA) is 74.0 Å². The van der Waals surface area contributed by atoms with Crippen LogP contribution < -0.4 is 21.5 Å². The first-order valence-corrected chi connectivity index (χ1v) is 10.0. The summed E-state index contributed by atoms with van der Waals surface area (Å²) < 4.78 is 0. The molecule has 1 aliphatic carbocycles. The number of hydrogen-bond acceptors (Lipinski definition) is 4. The number of hydrogen-bond donors (Lipinski definition) is 3. The van der Waals surface area contributed by atoms with Gasteiger partial charge >= 0.3 is 0 Å². The van der Waals surface area contributed by atoms with Crippen LogP contribution in [0.4, 0.5) is 17.1 Å². The fraction of sp³-hybridized carbons (Fsp3) is 0.455. The number of aromatic nitrogens is 1. The Balaban J connectivity index is 1.47. The molecular weight excluding hydrogens is 338 g/mol. The predicted molar refractivity (Wildman–Crippen MR) is 112 cm³/mol. The Labute approximate surface area is 158 Å². The summed E-state index contributed by atoms with van der Waals surface area (Å²) in [5.74, 6) is 1.54. The number of rotatable bonds is 6. The van der Waals surface area contributed by atoms with Crippen molar-refractivity contribution >= 4 is 28.0 Å². The highest BCUT2D eigenvalue weighted by Gasteiger charge is 2.28. The van der Waals surface area contributed by atoms with Crippen LogP contribution in [0.5, 0.6) is 0 Å². The van der Waals surface area contributed by atoms with E-state index < -0.39 is 10.9 Å². The van der Waals surface area contributed by atoms with Crippen molar-refractivity contribution in [3.8, 4) is 0 Å². The second-order valence-electron chi connectivity index (χ2n) is 7.92. The second kappa shape index (κ2) is 7.22. The van der Waals surface area contributed by atoms with E-state index in [-0.39, 0.29) is 6.04 Å². The minimum atomic E-state index is -0.434. The van der Waals surface area contributed by atoms with Crippen LogP contribution in [0.15, 0.2) is 40.1 Å². The highest BCUT2D eigenvalue weighted by Crippen LogP contribution is 2.34. The number of aromatic amines is 1. The van der Waals surface area contributed by atoms with Crippen LogP contribution in [0.2, 0.25) is 0 Å². The molecular formula is C22H27N3O2. The van der Waals surface area contributed by atoms with Gasteiger partial charge in [-0.2, -0.15) is 0 Å². The lowest BCUT2D eigenvalue weighted by Crippen LogP contribution is -2.40. The number of H-pyrrole nitrogens is 1. The number of anilines is 3. The Morgan fingerprint density at radius 2 is 1.78 bits per heavy atom. The SMILES string of the molecule is CC[C@H](C)C1CCC(Nc2c(Nc3c[nH]c4ccccc34)c(=O)c2=O)CC1. The monoisotopic (exact) mass is 365 g/mol. The van der Waals surface area contributed by atoms with Gasteiger partial charge in [0.2, 0.25) is 0 Å². The van der Waals surface area contributed by atoms with Gasteiger partial charge in [-0.05, 0) is 43.6 Å². The van der Waals surface area contributed by atoms with Crippen molar-refractivity contribution in [3.05, 3.63) is 50.9 Å². The van der Waals surface area contributed by atoms with Gasteiger partial charge in [-0.15, -0.1) is 0 Å². The summed E-state index contributed by atoms with van der Waals surface area (Å²) in [6, 6.07) is 8.17. The standard InChI is InChI=1S/C22H27N3O2/c1-3-13(2)14-8-10-15(11-9-14)24-19-20(22(27)21(19)26)25-18-12-23-17-7-5-4-6-16(17)18/h4-7,12-15,23-25H,3,8-11H2,1-2H3/t13-,14?,15?/m0/s1. The minimum Gasteiger partial charge on any atom is -0.377 e. The molecule has 0 spiro atoms. The quantitative estimate of drug-likeness (QED) is 0.561. The summed E-state index contributed by atoms with van der Waals surface area (Å²) in [5, 5.41) is 7.54. The van der Waals surface area contributed by atoms with Gasteiger partial charge in [0.15, 0.2) is 0 Å². The molecule has 0 unspecified atom stereocenters. The van der Waals surface area contributed by atoms with E-state index in [1.165, 1.54) is 19.3 Å². The lowest BCUT2D eigenvalue weighted by molar-refractivity contribution is 0.248. The third kappa shape index (κ3) is 3.27. The first-order valence-electron chi connectivity index (χ1n) is 10.0. The number of benzene rings is 1. The molecule has 1 aliphatic rings. The van der Waals surface area contributed by atoms with E-state index in [4.69, 9.17) is 0 Å². The lowest BCUT2D eigenvalue weighted by Gasteiger charge is -2.33. The maximum absolute atomic E-state index is 12.1. The highest BCUT2D eigenvalue weighted by atomic mass is 16.2. The Morgan fingerprint density at radius 3 is 2.52 bits per heavy atom. The Morgan fingerprint density at radius 1 is 1.07 bits per heavy atom. The number of para-hydroxylation sites is 1. The molecule has 1 fully saturated rings. The first kappa shape index (κ1) is 17.8. The van der Waals surface area contributed by atoms with Crippen LogP contribution in [0, 0.1) is 11.8 Å². The zero-order valence-corrected chi connectivity index (χ0v) is 16.0. The van der Waals surface area contributed by atoms with Gasteiger partial charge in [0, 0.05) is 23.1 Å². The summed E-state index contributed by atoms with van der Waals surface area (Å²) >= 11 is 0. The largest absolute Gasteiger partial charge is 0.377 e. The van der Waals surface area contributed by atoms with Gasteiger partial charge in [-0.25, -0.2) is 0 Å². The normalized spacial score (nSPS) is 21.4. The summed E-state index contributed by atoms with van der Waals surface area (Å²) in [5.41, 5.74) is 1.83. The fourth-order valence-electron chi connectivity index (χ4n) is 4.33. The molecule has 5 nitrogen and oxygen atoms in total. The fourth-order valence-corrected chi connectivity index (χ4v) is 4.33. The lowest BCUT2D eigenvalue weighted by atomic mass is 9.78. The van der Waals surface area contributed by atoms with Gasteiger partial charge in [-0.3, -0.25) is 9.59 Å². The zero-order chi connectivity index (χ0) is 19.0. The maximum Gasteiger partial charge on any atom is 0.253 e. The average Bonchev–Trinajstić information content (AvgIpc) is 3.13. The molecule has 1 saturated carbocycles. The van der Waals surface area contributed by atoms with Crippen molar-refractivity contribution in [1.82, 2.24) is 4.98 Å². The van der Waals surface area contributed by atoms with Crippen molar-refractivity contribution in [2.24, 2.45) is 11.8 Å². The third-order valence-corrected chi connectivity index (χ3v) is 6.33. The van der Waals surface area contributed by atoms with E-state index in [1.54, 1.807) is 0 Å². The molecule has 0 bridgehead atoms. The van der Waals surface area contributed by atoms with Crippen LogP contribution in [-0.4, -0.2) is 11.0 Å². The summed E-state index contributed by atoms with van der Waals surface area (Å²) in [4.78, 5) is 27.5. The van der Waals surface area contributed by atoms with Crippen LogP contribution in [0.1, 0.15) is 46.0 Å². The van der Waals surface area contributed by atoms with E-state index in [2.05, 4.69) is 29.5 Å². The summed E-state index contributed by atoms with van der Waals surface area (Å²) in [6.07, 6.45) is 7.55. The minimum absolute atomic E-state index is 0.275. The molecule has 142 valence electrons. The van der Waals surface area contributed by atoms with E-state index >= 15 is 0 Å². The molecule has 27 heavy (non-hydrogen) atoms. The molecule has 2 aromatic carbocycles. The van der Waals surface area contributed by atoms with Gasteiger partial charge in [0.05, 0.1) is 5.69 Å². The molecule has 0 saturated heterocycles. The van der Waals surface area contributed by atoms with Crippen LogP contribution in [0.3, 0.4) is 0 Å². The van der Waals surface area contributed by atoms with E-state index in [0.29, 0.717) is 11.4 Å². The molecule has 0 amide bonds. The third-order valence-electron chi connectivity index (χ3n) is 6.33. The Hall–Kier alpha value is -2.56. The molecule has 1 aromatic heterocycles. The molecule has 1 atom stereocenters. The van der Waals surface area contributed by atoms with Gasteiger partial charge in [0.1, 0.15) is 11.4 Å². The van der Waals surface area contributed by atoms with Crippen molar-refractivity contribution < 1.29 is 0 Å². The van der Waals surface area contributed by atoms with E-state index in [9.17, 15) is 9.59 Å². The predicted octanol–water partition coefficient (Wildman–Crippen LogP) is 4.52. The first-order chi connectivity index (χ1) is 13.1. The maximum atomic E-state index is 12.1. The van der Waals surface area contributed by atoms with E-state index in [0.717, 1.165) is 41.3 Å². The molecule has 3 N–H and O–H groups in total. The molecule has 0 radical (unpaired) electrons. The van der Waals surface area contributed by atoms with Crippen LogP contribution >= 0.6 is 0 Å². The molecule has 0 aliphatic heterocycles. The van der Waals surface area contributed by atoms with Crippen molar-refractivity contribution in [2.45, 2.75) is 52.0 Å². The van der Waals surface area contributed by atoms with E-state index in [1.807, 2.05) is 30.5 Å². The number of fused-ring (bicyclic) bond motifs is 1. The van der Waals surface area contributed by atoms with Crippen molar-refractivity contribution in [2.75, 3.05) is 10.6 Å².